The lowest BCUT2D eigenvalue weighted by molar-refractivity contribution is 0.100. The van der Waals surface area contributed by atoms with Crippen molar-refractivity contribution in [2.24, 2.45) is 4.99 Å². The summed E-state index contributed by atoms with van der Waals surface area (Å²) >= 11 is 0. The van der Waals surface area contributed by atoms with Gasteiger partial charge < -0.3 is 14.6 Å². The van der Waals surface area contributed by atoms with Gasteiger partial charge in [-0.1, -0.05) is 24.3 Å². The van der Waals surface area contributed by atoms with Crippen LogP contribution in [0.4, 0.5) is 11.4 Å². The Kier molecular flexibility index (Phi) is 5.93. The minimum Gasteiger partial charge on any atom is -0.506 e. The fourth-order valence-corrected chi connectivity index (χ4v) is 3.92. The summed E-state index contributed by atoms with van der Waals surface area (Å²) in [5.74, 6) is -2.43. The second-order valence-electron chi connectivity index (χ2n) is 6.52. The molecule has 0 saturated heterocycles. The summed E-state index contributed by atoms with van der Waals surface area (Å²) in [4.78, 5) is 28.0. The molecule has 0 aliphatic heterocycles. The van der Waals surface area contributed by atoms with Crippen molar-refractivity contribution in [1.29, 1.82) is 0 Å². The Morgan fingerprint density at radius 3 is 2.32 bits per heavy atom. The number of hydrogen-bond acceptors (Lipinski definition) is 8. The van der Waals surface area contributed by atoms with E-state index in [1.165, 1.54) is 31.2 Å². The number of anilines is 1. The molecule has 2 aromatic carbocycles. The van der Waals surface area contributed by atoms with E-state index in [1.807, 2.05) is 0 Å². The van der Waals surface area contributed by atoms with Crippen LogP contribution in [-0.2, 0) is 10.0 Å². The molecule has 0 aliphatic carbocycles. The third-order valence-electron chi connectivity index (χ3n) is 4.24. The Balaban J connectivity index is 1.98. The zero-order valence-corrected chi connectivity index (χ0v) is 17.3. The van der Waals surface area contributed by atoms with Crippen molar-refractivity contribution in [2.75, 3.05) is 4.72 Å². The van der Waals surface area contributed by atoms with Crippen LogP contribution in [0.1, 0.15) is 29.8 Å². The fourth-order valence-electron chi connectivity index (χ4n) is 2.85. The van der Waals surface area contributed by atoms with E-state index in [-0.39, 0.29) is 22.0 Å². The predicted octanol–water partition coefficient (Wildman–Crippen LogP) is 3.20. The van der Waals surface area contributed by atoms with E-state index in [0.717, 1.165) is 6.92 Å². The van der Waals surface area contributed by atoms with Crippen LogP contribution < -0.4 is 10.3 Å². The standard InChI is InChI=1S/C21H18N2O7S/c1-12(17-19(25)18(13(2)24)21(27)30-20(17)26)22-14-7-6-8-15(11-14)23-31(28,29)16-9-4-3-5-10-16/h3-11,23,25,27H,1-2H3. The highest BCUT2D eigenvalue weighted by Crippen LogP contribution is 2.30. The average Bonchev–Trinajstić information content (AvgIpc) is 2.67. The summed E-state index contributed by atoms with van der Waals surface area (Å²) in [6, 6.07) is 13.9. The molecule has 3 N–H and O–H groups in total. The van der Waals surface area contributed by atoms with Gasteiger partial charge >= 0.3 is 5.63 Å². The molecule has 0 bridgehead atoms. The zero-order valence-electron chi connectivity index (χ0n) is 16.5. The fraction of sp³-hybridized carbons (Fsp3) is 0.0952. The number of sulfonamides is 1. The monoisotopic (exact) mass is 442 g/mol. The molecular formula is C21H18N2O7S. The second-order valence-corrected chi connectivity index (χ2v) is 8.20. The maximum absolute atomic E-state index is 12.5. The number of rotatable bonds is 6. The number of benzene rings is 2. The molecule has 10 heteroatoms. The number of hydrogen-bond donors (Lipinski definition) is 3. The first-order valence-electron chi connectivity index (χ1n) is 8.93. The number of Topliss-reactive ketones (excluding diaryl/α,β-unsaturated/α-hetero) is 1. The Morgan fingerprint density at radius 2 is 1.68 bits per heavy atom. The third kappa shape index (κ3) is 4.64. The van der Waals surface area contributed by atoms with Gasteiger partial charge in [-0.25, -0.2) is 13.2 Å². The molecule has 0 amide bonds. The first kappa shape index (κ1) is 21.8. The zero-order chi connectivity index (χ0) is 22.8. The highest BCUT2D eigenvalue weighted by atomic mass is 32.2. The van der Waals surface area contributed by atoms with Crippen molar-refractivity contribution in [1.82, 2.24) is 0 Å². The van der Waals surface area contributed by atoms with Crippen molar-refractivity contribution < 1.29 is 27.8 Å². The first-order chi connectivity index (χ1) is 14.6. The second kappa shape index (κ2) is 8.44. The molecule has 3 rings (SSSR count). The number of carbonyl (C=O) groups excluding carboxylic acids is 1. The molecule has 0 spiro atoms. The SMILES string of the molecule is CC(=O)c1c(O)oc(=O)c(C(C)=Nc2cccc(NS(=O)(=O)c3ccccc3)c2)c1O. The van der Waals surface area contributed by atoms with Crippen LogP contribution in [-0.4, -0.2) is 30.1 Å². The molecule has 1 aromatic heterocycles. The molecule has 0 fully saturated rings. The van der Waals surface area contributed by atoms with E-state index in [1.54, 1.807) is 30.3 Å². The van der Waals surface area contributed by atoms with Gasteiger partial charge in [0.2, 0.25) is 0 Å². The number of aromatic hydroxyl groups is 2. The molecule has 0 saturated carbocycles. The Labute approximate surface area is 177 Å². The highest BCUT2D eigenvalue weighted by Gasteiger charge is 2.24. The van der Waals surface area contributed by atoms with E-state index >= 15 is 0 Å². The molecule has 3 aromatic rings. The molecule has 160 valence electrons. The predicted molar refractivity (Wildman–Crippen MR) is 114 cm³/mol. The van der Waals surface area contributed by atoms with Gasteiger partial charge in [0, 0.05) is 0 Å². The summed E-state index contributed by atoms with van der Waals surface area (Å²) in [5, 5.41) is 19.9. The Morgan fingerprint density at radius 1 is 1.00 bits per heavy atom. The Bertz CT molecular complexity index is 1340. The van der Waals surface area contributed by atoms with Gasteiger partial charge in [-0.15, -0.1) is 0 Å². The summed E-state index contributed by atoms with van der Waals surface area (Å²) in [6.07, 6.45) is 0. The van der Waals surface area contributed by atoms with Crippen LogP contribution in [0.3, 0.4) is 0 Å². The van der Waals surface area contributed by atoms with E-state index in [9.17, 15) is 28.2 Å². The van der Waals surface area contributed by atoms with Gasteiger partial charge in [-0.05, 0) is 44.2 Å². The highest BCUT2D eigenvalue weighted by molar-refractivity contribution is 7.92. The number of ketones is 1. The lowest BCUT2D eigenvalue weighted by Crippen LogP contribution is -2.15. The molecule has 1 heterocycles. The largest absolute Gasteiger partial charge is 0.506 e. The van der Waals surface area contributed by atoms with Gasteiger partial charge in [0.15, 0.2) is 5.78 Å². The summed E-state index contributed by atoms with van der Waals surface area (Å²) in [7, 11) is -3.81. The van der Waals surface area contributed by atoms with Crippen LogP contribution >= 0.6 is 0 Å². The molecule has 0 radical (unpaired) electrons. The van der Waals surface area contributed by atoms with Crippen molar-refractivity contribution in [2.45, 2.75) is 18.7 Å². The van der Waals surface area contributed by atoms with Gasteiger partial charge in [-0.2, -0.15) is 0 Å². The van der Waals surface area contributed by atoms with Crippen LogP contribution in [0.25, 0.3) is 0 Å². The maximum atomic E-state index is 12.5. The van der Waals surface area contributed by atoms with E-state index in [2.05, 4.69) is 14.1 Å². The lowest BCUT2D eigenvalue weighted by atomic mass is 10.1. The minimum atomic E-state index is -3.81. The van der Waals surface area contributed by atoms with Crippen LogP contribution in [0.2, 0.25) is 0 Å². The van der Waals surface area contributed by atoms with Gasteiger partial charge in [0.25, 0.3) is 16.0 Å². The molecule has 0 atom stereocenters. The topological polar surface area (TPSA) is 146 Å². The van der Waals surface area contributed by atoms with E-state index in [0.29, 0.717) is 0 Å². The number of carbonyl (C=O) groups is 1. The molecule has 0 aliphatic rings. The van der Waals surface area contributed by atoms with Gasteiger partial charge in [-0.3, -0.25) is 14.5 Å². The quantitative estimate of drug-likeness (QED) is 0.392. The number of aliphatic imine (C=N–C) groups is 1. The minimum absolute atomic E-state index is 0.00295. The Hall–Kier alpha value is -3.92. The van der Waals surface area contributed by atoms with Gasteiger partial charge in [0.1, 0.15) is 16.9 Å². The maximum Gasteiger partial charge on any atom is 0.351 e. The number of nitrogens with one attached hydrogen (secondary N) is 1. The molecule has 0 unspecified atom stereocenters. The average molecular weight is 442 g/mol. The third-order valence-corrected chi connectivity index (χ3v) is 5.64. The van der Waals surface area contributed by atoms with Crippen molar-refractivity contribution in [3.05, 3.63) is 76.1 Å². The normalized spacial score (nSPS) is 11.9. The lowest BCUT2D eigenvalue weighted by Gasteiger charge is -2.09. The van der Waals surface area contributed by atoms with E-state index in [4.69, 9.17) is 0 Å². The summed E-state index contributed by atoms with van der Waals surface area (Å²) < 4.78 is 32.0. The van der Waals surface area contributed by atoms with Gasteiger partial charge in [0.05, 0.1) is 22.0 Å². The molecule has 31 heavy (non-hydrogen) atoms. The summed E-state index contributed by atoms with van der Waals surface area (Å²) in [5.41, 5.74) is -1.52. The van der Waals surface area contributed by atoms with Crippen LogP contribution in [0, 0.1) is 0 Å². The van der Waals surface area contributed by atoms with Crippen molar-refractivity contribution >= 4 is 32.9 Å². The smallest absolute Gasteiger partial charge is 0.351 e. The van der Waals surface area contributed by atoms with Crippen LogP contribution in [0.15, 0.2) is 73.7 Å². The first-order valence-corrected chi connectivity index (χ1v) is 10.4. The molecule has 9 nitrogen and oxygen atoms in total. The van der Waals surface area contributed by atoms with Crippen molar-refractivity contribution in [3.63, 3.8) is 0 Å². The van der Waals surface area contributed by atoms with Crippen LogP contribution in [0.5, 0.6) is 11.7 Å². The summed E-state index contributed by atoms with van der Waals surface area (Å²) in [6.45, 7) is 2.49. The van der Waals surface area contributed by atoms with Crippen molar-refractivity contribution in [3.8, 4) is 11.7 Å². The molecular weight excluding hydrogens is 424 g/mol. The van der Waals surface area contributed by atoms with E-state index < -0.39 is 44.3 Å². The number of nitrogens with zero attached hydrogens (tertiary/aromatic N) is 1.